The summed E-state index contributed by atoms with van der Waals surface area (Å²) in [4.78, 5) is 2.50. The SMILES string of the molecule is CCOC(CN)CN1CCC(C(C)(C)C)C1. The van der Waals surface area contributed by atoms with Gasteiger partial charge < -0.3 is 15.4 Å². The van der Waals surface area contributed by atoms with Gasteiger partial charge in [-0.15, -0.1) is 0 Å². The van der Waals surface area contributed by atoms with Crippen LogP contribution < -0.4 is 5.73 Å². The molecule has 2 N–H and O–H groups in total. The molecule has 0 aromatic rings. The molecule has 1 rings (SSSR count). The molecule has 2 atom stereocenters. The standard InChI is InChI=1S/C13H28N2O/c1-5-16-12(8-14)10-15-7-6-11(9-15)13(2,3)4/h11-12H,5-10,14H2,1-4H3. The van der Waals surface area contributed by atoms with E-state index in [1.54, 1.807) is 0 Å². The molecular formula is C13H28N2O. The summed E-state index contributed by atoms with van der Waals surface area (Å²) in [6, 6.07) is 0. The average molecular weight is 228 g/mol. The highest BCUT2D eigenvalue weighted by Gasteiger charge is 2.32. The van der Waals surface area contributed by atoms with Gasteiger partial charge in [0.25, 0.3) is 0 Å². The Hall–Kier alpha value is -0.120. The van der Waals surface area contributed by atoms with Crippen molar-refractivity contribution in [3.05, 3.63) is 0 Å². The molecule has 0 radical (unpaired) electrons. The first-order valence-corrected chi connectivity index (χ1v) is 6.51. The van der Waals surface area contributed by atoms with Gasteiger partial charge in [-0.25, -0.2) is 0 Å². The molecule has 3 heteroatoms. The van der Waals surface area contributed by atoms with E-state index in [1.165, 1.54) is 19.5 Å². The van der Waals surface area contributed by atoms with Crippen LogP contribution in [-0.4, -0.2) is 43.8 Å². The number of ether oxygens (including phenoxy) is 1. The first-order chi connectivity index (χ1) is 7.47. The van der Waals surface area contributed by atoms with Gasteiger partial charge in [0, 0.05) is 26.2 Å². The second-order valence-electron chi connectivity index (χ2n) is 5.92. The van der Waals surface area contributed by atoms with Crippen LogP contribution in [0, 0.1) is 11.3 Å². The summed E-state index contributed by atoms with van der Waals surface area (Å²) >= 11 is 0. The highest BCUT2D eigenvalue weighted by molar-refractivity contribution is 4.85. The maximum absolute atomic E-state index is 5.71. The van der Waals surface area contributed by atoms with E-state index < -0.39 is 0 Å². The van der Waals surface area contributed by atoms with Crippen LogP contribution in [-0.2, 0) is 4.74 Å². The summed E-state index contributed by atoms with van der Waals surface area (Å²) in [7, 11) is 0. The van der Waals surface area contributed by atoms with Crippen molar-refractivity contribution in [3.63, 3.8) is 0 Å². The lowest BCUT2D eigenvalue weighted by molar-refractivity contribution is 0.0425. The highest BCUT2D eigenvalue weighted by atomic mass is 16.5. The third-order valence-corrected chi connectivity index (χ3v) is 3.62. The van der Waals surface area contributed by atoms with Crippen LogP contribution in [0.1, 0.15) is 34.1 Å². The summed E-state index contributed by atoms with van der Waals surface area (Å²) in [6.07, 6.45) is 1.52. The van der Waals surface area contributed by atoms with Gasteiger partial charge in [0.1, 0.15) is 0 Å². The monoisotopic (exact) mass is 228 g/mol. The van der Waals surface area contributed by atoms with Crippen LogP contribution in [0.2, 0.25) is 0 Å². The van der Waals surface area contributed by atoms with E-state index in [0.717, 1.165) is 19.1 Å². The van der Waals surface area contributed by atoms with Crippen molar-refractivity contribution in [2.24, 2.45) is 17.1 Å². The maximum atomic E-state index is 5.71. The van der Waals surface area contributed by atoms with Gasteiger partial charge in [0.2, 0.25) is 0 Å². The zero-order valence-electron chi connectivity index (χ0n) is 11.3. The summed E-state index contributed by atoms with van der Waals surface area (Å²) < 4.78 is 5.61. The first kappa shape index (κ1) is 13.9. The Bertz CT molecular complexity index is 201. The minimum Gasteiger partial charge on any atom is -0.376 e. The minimum atomic E-state index is 0.212. The highest BCUT2D eigenvalue weighted by Crippen LogP contribution is 2.33. The van der Waals surface area contributed by atoms with E-state index in [0.29, 0.717) is 12.0 Å². The fraction of sp³-hybridized carbons (Fsp3) is 1.00. The summed E-state index contributed by atoms with van der Waals surface area (Å²) in [5.41, 5.74) is 6.13. The third-order valence-electron chi connectivity index (χ3n) is 3.62. The van der Waals surface area contributed by atoms with Crippen LogP contribution in [0.5, 0.6) is 0 Å². The van der Waals surface area contributed by atoms with Crippen LogP contribution in [0.4, 0.5) is 0 Å². The Balaban J connectivity index is 2.35. The smallest absolute Gasteiger partial charge is 0.0823 e. The Morgan fingerprint density at radius 1 is 1.44 bits per heavy atom. The zero-order chi connectivity index (χ0) is 12.2. The average Bonchev–Trinajstić information content (AvgIpc) is 2.65. The predicted molar refractivity (Wildman–Crippen MR) is 68.5 cm³/mol. The molecule has 0 aromatic heterocycles. The van der Waals surface area contributed by atoms with Crippen molar-refractivity contribution in [3.8, 4) is 0 Å². The molecule has 3 nitrogen and oxygen atoms in total. The third kappa shape index (κ3) is 4.04. The largest absolute Gasteiger partial charge is 0.376 e. The van der Waals surface area contributed by atoms with E-state index in [9.17, 15) is 0 Å². The lowest BCUT2D eigenvalue weighted by Gasteiger charge is -2.28. The van der Waals surface area contributed by atoms with Gasteiger partial charge in [0.05, 0.1) is 6.10 Å². The van der Waals surface area contributed by atoms with Crippen molar-refractivity contribution in [2.45, 2.75) is 40.2 Å². The predicted octanol–water partition coefficient (Wildman–Crippen LogP) is 1.72. The molecule has 0 spiro atoms. The topological polar surface area (TPSA) is 38.5 Å². The Morgan fingerprint density at radius 3 is 2.56 bits per heavy atom. The number of hydrogen-bond acceptors (Lipinski definition) is 3. The maximum Gasteiger partial charge on any atom is 0.0823 e. The van der Waals surface area contributed by atoms with E-state index in [-0.39, 0.29) is 6.10 Å². The van der Waals surface area contributed by atoms with Crippen LogP contribution >= 0.6 is 0 Å². The van der Waals surface area contributed by atoms with Gasteiger partial charge in [-0.1, -0.05) is 20.8 Å². The molecular weight excluding hydrogens is 200 g/mol. The van der Waals surface area contributed by atoms with Gasteiger partial charge in [-0.2, -0.15) is 0 Å². The van der Waals surface area contributed by atoms with Gasteiger partial charge in [-0.05, 0) is 31.2 Å². The van der Waals surface area contributed by atoms with Crippen LogP contribution in [0.15, 0.2) is 0 Å². The number of hydrogen-bond donors (Lipinski definition) is 1. The van der Waals surface area contributed by atoms with E-state index in [2.05, 4.69) is 25.7 Å². The molecule has 0 bridgehead atoms. The van der Waals surface area contributed by atoms with Crippen molar-refractivity contribution in [1.29, 1.82) is 0 Å². The number of rotatable bonds is 5. The molecule has 1 fully saturated rings. The summed E-state index contributed by atoms with van der Waals surface area (Å²) in [5.74, 6) is 0.813. The fourth-order valence-corrected chi connectivity index (χ4v) is 2.42. The molecule has 0 aromatic carbocycles. The van der Waals surface area contributed by atoms with Crippen LogP contribution in [0.3, 0.4) is 0 Å². The second kappa shape index (κ2) is 5.99. The quantitative estimate of drug-likeness (QED) is 0.778. The lowest BCUT2D eigenvalue weighted by Crippen LogP contribution is -2.38. The Labute approximate surface area is 100 Å². The van der Waals surface area contributed by atoms with Gasteiger partial charge in [0.15, 0.2) is 0 Å². The Kier molecular flexibility index (Phi) is 5.22. The van der Waals surface area contributed by atoms with Crippen molar-refractivity contribution in [2.75, 3.05) is 32.8 Å². The van der Waals surface area contributed by atoms with Crippen LogP contribution in [0.25, 0.3) is 0 Å². The number of nitrogens with zero attached hydrogens (tertiary/aromatic N) is 1. The lowest BCUT2D eigenvalue weighted by atomic mass is 9.80. The Morgan fingerprint density at radius 2 is 2.12 bits per heavy atom. The summed E-state index contributed by atoms with van der Waals surface area (Å²) in [6.45, 7) is 13.8. The fourth-order valence-electron chi connectivity index (χ4n) is 2.42. The number of nitrogens with two attached hydrogens (primary N) is 1. The molecule has 1 heterocycles. The van der Waals surface area contributed by atoms with Crippen molar-refractivity contribution in [1.82, 2.24) is 4.90 Å². The van der Waals surface area contributed by atoms with E-state index >= 15 is 0 Å². The number of likely N-dealkylation sites (tertiary alicyclic amines) is 1. The summed E-state index contributed by atoms with van der Waals surface area (Å²) in [5, 5.41) is 0. The molecule has 1 aliphatic rings. The molecule has 2 unspecified atom stereocenters. The molecule has 96 valence electrons. The van der Waals surface area contributed by atoms with Gasteiger partial charge >= 0.3 is 0 Å². The van der Waals surface area contributed by atoms with Crippen molar-refractivity contribution >= 4 is 0 Å². The van der Waals surface area contributed by atoms with E-state index in [4.69, 9.17) is 10.5 Å². The zero-order valence-corrected chi connectivity index (χ0v) is 11.3. The first-order valence-electron chi connectivity index (χ1n) is 6.51. The molecule has 16 heavy (non-hydrogen) atoms. The van der Waals surface area contributed by atoms with Crippen molar-refractivity contribution < 1.29 is 4.74 Å². The minimum absolute atomic E-state index is 0.212. The van der Waals surface area contributed by atoms with E-state index in [1.807, 2.05) is 6.92 Å². The molecule has 1 aliphatic heterocycles. The van der Waals surface area contributed by atoms with Gasteiger partial charge in [-0.3, -0.25) is 0 Å². The second-order valence-corrected chi connectivity index (χ2v) is 5.92. The molecule has 0 aliphatic carbocycles. The normalized spacial score (nSPS) is 24.9. The molecule has 0 saturated carbocycles. The molecule has 1 saturated heterocycles. The molecule has 0 amide bonds.